The van der Waals surface area contributed by atoms with E-state index in [1.165, 1.54) is 35.0 Å². The quantitative estimate of drug-likeness (QED) is 0.445. The Morgan fingerprint density at radius 3 is 2.15 bits per heavy atom. The largest absolute Gasteiger partial charge is 0.507 e. The van der Waals surface area contributed by atoms with Gasteiger partial charge >= 0.3 is 0 Å². The maximum Gasteiger partial charge on any atom is 0.275 e. The summed E-state index contributed by atoms with van der Waals surface area (Å²) in [6, 6.07) is 20.7. The summed E-state index contributed by atoms with van der Waals surface area (Å²) >= 11 is 0. The summed E-state index contributed by atoms with van der Waals surface area (Å²) in [5, 5.41) is 14.1. The number of para-hydroxylation sites is 1. The maximum absolute atomic E-state index is 15.1. The van der Waals surface area contributed by atoms with Gasteiger partial charge in [-0.3, -0.25) is 19.5 Å². The third-order valence-electron chi connectivity index (χ3n) is 6.06. The average Bonchev–Trinajstić information content (AvgIpc) is 3.15. The Morgan fingerprint density at radius 2 is 1.44 bits per heavy atom. The van der Waals surface area contributed by atoms with Crippen LogP contribution >= 0.6 is 0 Å². The molecule has 0 saturated heterocycles. The van der Waals surface area contributed by atoms with Crippen LogP contribution in [-0.4, -0.2) is 26.5 Å². The number of Topliss-reactive ketones (excluding diaryl/α,β-unsaturated/α-hetero) is 2. The zero-order valence-electron chi connectivity index (χ0n) is 18.1. The fourth-order valence-electron chi connectivity index (χ4n) is 4.48. The lowest BCUT2D eigenvalue weighted by Gasteiger charge is -2.25. The molecule has 1 aromatic heterocycles. The minimum Gasteiger partial charge on any atom is -0.507 e. The molecule has 0 radical (unpaired) electrons. The molecule has 0 fully saturated rings. The van der Waals surface area contributed by atoms with Gasteiger partial charge in [-0.15, -0.1) is 0 Å². The van der Waals surface area contributed by atoms with E-state index in [1.54, 1.807) is 55.5 Å². The zero-order valence-corrected chi connectivity index (χ0v) is 18.1. The van der Waals surface area contributed by atoms with Crippen LogP contribution in [0.25, 0.3) is 11.4 Å². The first-order valence-electron chi connectivity index (χ1n) is 10.6. The second-order valence-electron chi connectivity index (χ2n) is 8.05. The van der Waals surface area contributed by atoms with Gasteiger partial charge in [0.15, 0.2) is 0 Å². The lowest BCUT2D eigenvalue weighted by Crippen LogP contribution is -2.30. The van der Waals surface area contributed by atoms with E-state index in [-0.39, 0.29) is 27.8 Å². The number of benzene rings is 3. The number of aliphatic hydroxyl groups is 1. The number of aromatic amines is 1. The van der Waals surface area contributed by atoms with Crippen LogP contribution in [0.4, 0.5) is 4.39 Å². The first-order valence-corrected chi connectivity index (χ1v) is 10.6. The molecule has 2 N–H and O–H groups in total. The molecule has 1 heterocycles. The number of H-pyrrole nitrogens is 1. The summed E-state index contributed by atoms with van der Waals surface area (Å²) in [7, 11) is 0. The second-order valence-corrected chi connectivity index (χ2v) is 8.05. The number of aryl methyl sites for hydroxylation is 1. The summed E-state index contributed by atoms with van der Waals surface area (Å²) in [6.07, 6.45) is 0. The van der Waals surface area contributed by atoms with Crippen molar-refractivity contribution in [1.29, 1.82) is 0 Å². The van der Waals surface area contributed by atoms with Gasteiger partial charge in [0.2, 0.25) is 11.6 Å². The Bertz CT molecular complexity index is 1550. The molecule has 7 heteroatoms. The molecular weight excluding hydrogens is 435 g/mol. The number of hydrogen-bond acceptors (Lipinski definition) is 4. The van der Waals surface area contributed by atoms with Crippen LogP contribution in [0.1, 0.15) is 38.7 Å². The molecule has 0 saturated carbocycles. The summed E-state index contributed by atoms with van der Waals surface area (Å²) in [4.78, 5) is 39.8. The number of allylic oxidation sites excluding steroid dienone is 1. The van der Waals surface area contributed by atoms with Crippen LogP contribution in [-0.2, 0) is 4.79 Å². The van der Waals surface area contributed by atoms with Crippen molar-refractivity contribution in [2.75, 3.05) is 0 Å². The molecule has 0 bridgehead atoms. The molecule has 0 amide bonds. The summed E-state index contributed by atoms with van der Waals surface area (Å²) < 4.78 is 16.4. The van der Waals surface area contributed by atoms with Crippen molar-refractivity contribution in [3.63, 3.8) is 0 Å². The van der Waals surface area contributed by atoms with Crippen LogP contribution in [0.2, 0.25) is 0 Å². The number of hydrogen-bond donors (Lipinski definition) is 2. The monoisotopic (exact) mass is 454 g/mol. The molecule has 0 aliphatic heterocycles. The zero-order chi connectivity index (χ0) is 24.0. The molecule has 1 aliphatic carbocycles. The summed E-state index contributed by atoms with van der Waals surface area (Å²) in [5.74, 6) is -4.21. The van der Waals surface area contributed by atoms with Gasteiger partial charge in [0.1, 0.15) is 11.6 Å². The molecule has 4 aromatic rings. The van der Waals surface area contributed by atoms with Crippen LogP contribution in [0.3, 0.4) is 0 Å². The van der Waals surface area contributed by atoms with Gasteiger partial charge in [0.25, 0.3) is 5.56 Å². The number of ketones is 2. The van der Waals surface area contributed by atoms with Gasteiger partial charge in [-0.2, -0.15) is 0 Å². The maximum atomic E-state index is 15.1. The van der Waals surface area contributed by atoms with Crippen molar-refractivity contribution in [2.45, 2.75) is 12.8 Å². The van der Waals surface area contributed by atoms with Gasteiger partial charge in [-0.05, 0) is 25.1 Å². The van der Waals surface area contributed by atoms with E-state index in [2.05, 4.69) is 5.10 Å². The normalized spacial score (nSPS) is 14.3. The number of carbonyl (C=O) groups excluding carboxylic acids is 2. The fraction of sp³-hybridized carbons (Fsp3) is 0.0741. The predicted molar refractivity (Wildman–Crippen MR) is 125 cm³/mol. The smallest absolute Gasteiger partial charge is 0.275 e. The SMILES string of the molecule is Cc1[nH]n(-c2ccccc2)c(=O)c1C(C1=C(O)c2ccccc2C(=O)C1=O)c1ccccc1F. The van der Waals surface area contributed by atoms with E-state index < -0.39 is 34.6 Å². The highest BCUT2D eigenvalue weighted by Crippen LogP contribution is 2.40. The molecule has 3 aromatic carbocycles. The van der Waals surface area contributed by atoms with E-state index >= 15 is 4.39 Å². The number of halogens is 1. The van der Waals surface area contributed by atoms with E-state index in [9.17, 15) is 19.5 Å². The first kappa shape index (κ1) is 21.3. The van der Waals surface area contributed by atoms with Crippen molar-refractivity contribution in [3.05, 3.63) is 129 Å². The van der Waals surface area contributed by atoms with E-state index in [4.69, 9.17) is 0 Å². The number of nitrogens with zero attached hydrogens (tertiary/aromatic N) is 1. The Hall–Kier alpha value is -4.52. The molecule has 1 unspecified atom stereocenters. The minimum atomic E-state index is -1.31. The number of carbonyl (C=O) groups is 2. The van der Waals surface area contributed by atoms with Gasteiger partial charge < -0.3 is 5.11 Å². The molecule has 34 heavy (non-hydrogen) atoms. The molecule has 6 nitrogen and oxygen atoms in total. The molecule has 0 spiro atoms. The van der Waals surface area contributed by atoms with Gasteiger partial charge in [0, 0.05) is 22.4 Å². The lowest BCUT2D eigenvalue weighted by molar-refractivity contribution is -0.112. The van der Waals surface area contributed by atoms with E-state index in [1.807, 2.05) is 0 Å². The van der Waals surface area contributed by atoms with Crippen molar-refractivity contribution in [1.82, 2.24) is 9.78 Å². The van der Waals surface area contributed by atoms with Crippen molar-refractivity contribution < 1.29 is 19.1 Å². The number of aliphatic hydroxyl groups excluding tert-OH is 1. The van der Waals surface area contributed by atoms with Crippen molar-refractivity contribution in [3.8, 4) is 5.69 Å². The second kappa shape index (κ2) is 8.12. The third-order valence-corrected chi connectivity index (χ3v) is 6.06. The summed E-state index contributed by atoms with van der Waals surface area (Å²) in [5.41, 5.74) is 0.378. The highest BCUT2D eigenvalue weighted by molar-refractivity contribution is 6.52. The molecule has 168 valence electrons. The fourth-order valence-corrected chi connectivity index (χ4v) is 4.48. The third kappa shape index (κ3) is 3.21. The predicted octanol–water partition coefficient (Wildman–Crippen LogP) is 4.48. The summed E-state index contributed by atoms with van der Waals surface area (Å²) in [6.45, 7) is 1.63. The average molecular weight is 454 g/mol. The Morgan fingerprint density at radius 1 is 0.824 bits per heavy atom. The molecule has 1 aliphatic rings. The van der Waals surface area contributed by atoms with Crippen LogP contribution in [0, 0.1) is 12.7 Å². The minimum absolute atomic E-state index is 0.00370. The highest BCUT2D eigenvalue weighted by Gasteiger charge is 2.41. The van der Waals surface area contributed by atoms with Crippen LogP contribution in [0.5, 0.6) is 0 Å². The highest BCUT2D eigenvalue weighted by atomic mass is 19.1. The van der Waals surface area contributed by atoms with Gasteiger partial charge in [0.05, 0.1) is 22.7 Å². The number of aromatic nitrogens is 2. The van der Waals surface area contributed by atoms with E-state index in [0.717, 1.165) is 0 Å². The van der Waals surface area contributed by atoms with Gasteiger partial charge in [-0.25, -0.2) is 9.07 Å². The van der Waals surface area contributed by atoms with Gasteiger partial charge in [-0.1, -0.05) is 60.7 Å². The number of fused-ring (bicyclic) bond motifs is 1. The Labute approximate surface area is 193 Å². The topological polar surface area (TPSA) is 92.2 Å². The van der Waals surface area contributed by atoms with Crippen molar-refractivity contribution in [2.24, 2.45) is 0 Å². The lowest BCUT2D eigenvalue weighted by atomic mass is 9.76. The van der Waals surface area contributed by atoms with Crippen LogP contribution in [0.15, 0.2) is 89.2 Å². The van der Waals surface area contributed by atoms with E-state index in [0.29, 0.717) is 11.4 Å². The van der Waals surface area contributed by atoms with Crippen LogP contribution < -0.4 is 5.56 Å². The standard InChI is InChI=1S/C27H19FN2O4/c1-15-21(27(34)30(29-15)16-9-3-2-4-10-16)22(19-13-7-8-14-20(19)28)23-24(31)17-11-5-6-12-18(17)25(32)26(23)33/h2-14,22,29,31H,1H3. The number of rotatable bonds is 4. The Balaban J connectivity index is 1.84. The first-order chi connectivity index (χ1) is 16.4. The molecule has 5 rings (SSSR count). The van der Waals surface area contributed by atoms with Crippen molar-refractivity contribution >= 4 is 17.3 Å². The Kier molecular flexibility index (Phi) is 5.09. The number of nitrogens with one attached hydrogen (secondary N) is 1. The molecule has 1 atom stereocenters. The molecular formula is C27H19FN2O4.